The molecule has 0 aliphatic heterocycles. The van der Waals surface area contributed by atoms with E-state index >= 15 is 0 Å². The smallest absolute Gasteiger partial charge is 0.127 e. The van der Waals surface area contributed by atoms with Gasteiger partial charge in [0, 0.05) is 25.5 Å². The Morgan fingerprint density at radius 1 is 1.33 bits per heavy atom. The van der Waals surface area contributed by atoms with Gasteiger partial charge in [-0.15, -0.1) is 0 Å². The van der Waals surface area contributed by atoms with Gasteiger partial charge in [0.15, 0.2) is 0 Å². The lowest BCUT2D eigenvalue weighted by molar-refractivity contribution is 0.502. The van der Waals surface area contributed by atoms with Crippen LogP contribution in [0.5, 0.6) is 0 Å². The minimum atomic E-state index is -0.597. The summed E-state index contributed by atoms with van der Waals surface area (Å²) >= 11 is 0. The molecule has 0 fully saturated rings. The molecule has 0 saturated heterocycles. The van der Waals surface area contributed by atoms with Crippen molar-refractivity contribution in [1.29, 1.82) is 0 Å². The number of benzene rings is 1. The first-order valence-corrected chi connectivity index (χ1v) is 5.48. The highest BCUT2D eigenvalue weighted by Gasteiger charge is 2.15. The monoisotopic (exact) mass is 252 g/mol. The van der Waals surface area contributed by atoms with E-state index in [9.17, 15) is 8.78 Å². The van der Waals surface area contributed by atoms with E-state index in [1.165, 1.54) is 12.1 Å². The van der Waals surface area contributed by atoms with Crippen molar-refractivity contribution in [2.75, 3.05) is 0 Å². The van der Waals surface area contributed by atoms with Crippen LogP contribution in [0.2, 0.25) is 0 Å². The number of nitrogens with two attached hydrogens (primary N) is 1. The molecule has 0 aliphatic carbocycles. The summed E-state index contributed by atoms with van der Waals surface area (Å²) in [5, 5.41) is 0. The summed E-state index contributed by atoms with van der Waals surface area (Å²) in [6.45, 7) is 0. The van der Waals surface area contributed by atoms with Crippen molar-refractivity contribution in [2.45, 2.75) is 12.5 Å². The molecule has 1 atom stereocenters. The quantitative estimate of drug-likeness (QED) is 0.639. The van der Waals surface area contributed by atoms with Crippen molar-refractivity contribution in [3.63, 3.8) is 0 Å². The number of aryl methyl sites for hydroxylation is 1. The predicted octanol–water partition coefficient (Wildman–Crippen LogP) is 1.45. The van der Waals surface area contributed by atoms with E-state index in [0.29, 0.717) is 17.8 Å². The summed E-state index contributed by atoms with van der Waals surface area (Å²) < 4.78 is 28.0. The van der Waals surface area contributed by atoms with E-state index in [1.807, 2.05) is 7.05 Å². The molecule has 96 valence electrons. The molecule has 4 nitrogen and oxygen atoms in total. The maximum atomic E-state index is 13.1. The summed E-state index contributed by atoms with van der Waals surface area (Å²) in [7, 11) is 1.83. The zero-order chi connectivity index (χ0) is 13.1. The standard InChI is InChI=1S/C12H14F2N4/c1-18-3-2-16-12(18)11(17-15)6-8-4-9(13)7-10(14)5-8/h2-5,7,11,17H,6,15H2,1H3. The topological polar surface area (TPSA) is 55.9 Å². The summed E-state index contributed by atoms with van der Waals surface area (Å²) in [5.74, 6) is 4.98. The molecule has 2 aromatic rings. The Balaban J connectivity index is 2.23. The molecule has 0 radical (unpaired) electrons. The van der Waals surface area contributed by atoms with Crippen molar-refractivity contribution in [3.05, 3.63) is 53.6 Å². The number of hydrogen-bond donors (Lipinski definition) is 2. The minimum absolute atomic E-state index is 0.300. The molecule has 1 unspecified atom stereocenters. The fourth-order valence-electron chi connectivity index (χ4n) is 1.90. The van der Waals surface area contributed by atoms with Gasteiger partial charge in [0.1, 0.15) is 17.5 Å². The Kier molecular flexibility index (Phi) is 3.69. The van der Waals surface area contributed by atoms with Crippen LogP contribution in [0, 0.1) is 11.6 Å². The van der Waals surface area contributed by atoms with Crippen LogP contribution in [-0.2, 0) is 13.5 Å². The highest BCUT2D eigenvalue weighted by molar-refractivity contribution is 5.20. The Morgan fingerprint density at radius 2 is 2.00 bits per heavy atom. The van der Waals surface area contributed by atoms with Gasteiger partial charge in [-0.3, -0.25) is 5.84 Å². The highest BCUT2D eigenvalue weighted by atomic mass is 19.1. The second-order valence-corrected chi connectivity index (χ2v) is 4.10. The first-order chi connectivity index (χ1) is 8.60. The summed E-state index contributed by atoms with van der Waals surface area (Å²) in [4.78, 5) is 4.16. The van der Waals surface area contributed by atoms with E-state index in [2.05, 4.69) is 10.4 Å². The lowest BCUT2D eigenvalue weighted by Gasteiger charge is -2.15. The molecule has 18 heavy (non-hydrogen) atoms. The van der Waals surface area contributed by atoms with Crippen LogP contribution in [0.15, 0.2) is 30.6 Å². The number of aromatic nitrogens is 2. The number of nitrogens with one attached hydrogen (secondary N) is 1. The Bertz CT molecular complexity index is 518. The van der Waals surface area contributed by atoms with Crippen LogP contribution < -0.4 is 11.3 Å². The molecule has 0 amide bonds. The fourth-order valence-corrected chi connectivity index (χ4v) is 1.90. The minimum Gasteiger partial charge on any atom is -0.337 e. The first-order valence-electron chi connectivity index (χ1n) is 5.48. The third kappa shape index (κ3) is 2.72. The van der Waals surface area contributed by atoms with Gasteiger partial charge >= 0.3 is 0 Å². The number of hydrogen-bond acceptors (Lipinski definition) is 3. The van der Waals surface area contributed by atoms with Gasteiger partial charge < -0.3 is 4.57 Å². The summed E-state index contributed by atoms with van der Waals surface area (Å²) in [6, 6.07) is 3.12. The molecule has 3 N–H and O–H groups in total. The Hall–Kier alpha value is -1.79. The third-order valence-corrected chi connectivity index (χ3v) is 2.73. The molecular weight excluding hydrogens is 238 g/mol. The number of halogens is 2. The fraction of sp³-hybridized carbons (Fsp3) is 0.250. The van der Waals surface area contributed by atoms with Crippen LogP contribution >= 0.6 is 0 Å². The van der Waals surface area contributed by atoms with Crippen molar-refractivity contribution in [2.24, 2.45) is 12.9 Å². The summed E-state index contributed by atoms with van der Waals surface area (Å²) in [5.41, 5.74) is 3.13. The molecule has 0 bridgehead atoms. The van der Waals surface area contributed by atoms with Gasteiger partial charge in [-0.05, 0) is 24.1 Å². The van der Waals surface area contributed by atoms with Gasteiger partial charge in [-0.1, -0.05) is 0 Å². The van der Waals surface area contributed by atoms with E-state index in [-0.39, 0.29) is 6.04 Å². The second-order valence-electron chi connectivity index (χ2n) is 4.10. The van der Waals surface area contributed by atoms with E-state index in [4.69, 9.17) is 5.84 Å². The molecule has 2 rings (SSSR count). The number of rotatable bonds is 4. The SMILES string of the molecule is Cn1ccnc1C(Cc1cc(F)cc(F)c1)NN. The molecule has 0 aliphatic rings. The molecule has 1 aromatic heterocycles. The van der Waals surface area contributed by atoms with E-state index < -0.39 is 11.6 Å². The lowest BCUT2D eigenvalue weighted by atomic mass is 10.1. The summed E-state index contributed by atoms with van der Waals surface area (Å²) in [6.07, 6.45) is 3.79. The highest BCUT2D eigenvalue weighted by Crippen LogP contribution is 2.17. The largest absolute Gasteiger partial charge is 0.337 e. The predicted molar refractivity (Wildman–Crippen MR) is 63.3 cm³/mol. The molecule has 0 saturated carbocycles. The number of imidazole rings is 1. The lowest BCUT2D eigenvalue weighted by Crippen LogP contribution is -2.31. The molecule has 0 spiro atoms. The zero-order valence-corrected chi connectivity index (χ0v) is 9.90. The maximum Gasteiger partial charge on any atom is 0.127 e. The third-order valence-electron chi connectivity index (χ3n) is 2.73. The van der Waals surface area contributed by atoms with Gasteiger partial charge in [-0.25, -0.2) is 19.2 Å². The average molecular weight is 252 g/mol. The molecule has 1 heterocycles. The van der Waals surface area contributed by atoms with Crippen LogP contribution in [-0.4, -0.2) is 9.55 Å². The molecule has 1 aromatic carbocycles. The van der Waals surface area contributed by atoms with Crippen molar-refractivity contribution < 1.29 is 8.78 Å². The van der Waals surface area contributed by atoms with Crippen molar-refractivity contribution >= 4 is 0 Å². The van der Waals surface area contributed by atoms with Gasteiger partial charge in [-0.2, -0.15) is 0 Å². The first kappa shape index (κ1) is 12.7. The van der Waals surface area contributed by atoms with Gasteiger partial charge in [0.2, 0.25) is 0 Å². The Morgan fingerprint density at radius 3 is 2.50 bits per heavy atom. The average Bonchev–Trinajstić information content (AvgIpc) is 2.71. The van der Waals surface area contributed by atoms with Crippen LogP contribution in [0.3, 0.4) is 0 Å². The van der Waals surface area contributed by atoms with Gasteiger partial charge in [0.05, 0.1) is 6.04 Å². The zero-order valence-electron chi connectivity index (χ0n) is 9.90. The van der Waals surface area contributed by atoms with Crippen molar-refractivity contribution in [1.82, 2.24) is 15.0 Å². The Labute approximate surface area is 103 Å². The molecule has 6 heteroatoms. The van der Waals surface area contributed by atoms with Crippen LogP contribution in [0.4, 0.5) is 8.78 Å². The van der Waals surface area contributed by atoms with Crippen LogP contribution in [0.25, 0.3) is 0 Å². The van der Waals surface area contributed by atoms with Gasteiger partial charge in [0.25, 0.3) is 0 Å². The van der Waals surface area contributed by atoms with E-state index in [1.54, 1.807) is 17.0 Å². The maximum absolute atomic E-state index is 13.1. The van der Waals surface area contributed by atoms with Crippen molar-refractivity contribution in [3.8, 4) is 0 Å². The van der Waals surface area contributed by atoms with E-state index in [0.717, 1.165) is 6.07 Å². The molecular formula is C12H14F2N4. The second kappa shape index (κ2) is 5.24. The normalized spacial score (nSPS) is 12.7. The number of nitrogens with zero attached hydrogens (tertiary/aromatic N) is 2. The number of hydrazine groups is 1. The van der Waals surface area contributed by atoms with Crippen LogP contribution in [0.1, 0.15) is 17.4 Å².